The van der Waals surface area contributed by atoms with Gasteiger partial charge in [-0.05, 0) is 30.7 Å². The maximum absolute atomic E-state index is 11.2. The Bertz CT molecular complexity index is 386. The molecule has 1 aromatic rings. The average molecular weight is 245 g/mol. The fourth-order valence-electron chi connectivity index (χ4n) is 1.00. The summed E-state index contributed by atoms with van der Waals surface area (Å²) in [5.41, 5.74) is 0.764. The number of carbonyl (C=O) groups excluding carboxylic acids is 1. The van der Waals surface area contributed by atoms with Crippen LogP contribution in [0.1, 0.15) is 12.5 Å². The van der Waals surface area contributed by atoms with Crippen LogP contribution in [0.4, 0.5) is 0 Å². The van der Waals surface area contributed by atoms with E-state index in [1.54, 1.807) is 31.2 Å². The molecule has 0 bridgehead atoms. The molecule has 0 fully saturated rings. The second-order valence-corrected chi connectivity index (χ2v) is 3.61. The minimum absolute atomic E-state index is 0.0408. The van der Waals surface area contributed by atoms with Crippen molar-refractivity contribution in [2.75, 3.05) is 6.61 Å². The van der Waals surface area contributed by atoms with Gasteiger partial charge < -0.3 is 4.74 Å². The van der Waals surface area contributed by atoms with Gasteiger partial charge in [-0.2, -0.15) is 0 Å². The van der Waals surface area contributed by atoms with Crippen LogP contribution in [-0.2, 0) is 9.53 Å². The molecular weight excluding hydrogens is 235 g/mol. The molecular formula is C11H10Cl2O2. The monoisotopic (exact) mass is 244 g/mol. The minimum Gasteiger partial charge on any atom is -0.462 e. The molecule has 0 atom stereocenters. The number of ether oxygens (including phenoxy) is 1. The van der Waals surface area contributed by atoms with E-state index in [2.05, 4.69) is 0 Å². The maximum Gasteiger partial charge on any atom is 0.349 e. The van der Waals surface area contributed by atoms with Crippen molar-refractivity contribution < 1.29 is 9.53 Å². The summed E-state index contributed by atoms with van der Waals surface area (Å²) in [6.45, 7) is 2.03. The molecule has 15 heavy (non-hydrogen) atoms. The predicted octanol–water partition coefficient (Wildman–Crippen LogP) is 3.48. The zero-order valence-electron chi connectivity index (χ0n) is 8.17. The Morgan fingerprint density at radius 3 is 2.87 bits per heavy atom. The first-order valence-electron chi connectivity index (χ1n) is 4.43. The fraction of sp³-hybridized carbons (Fsp3) is 0.182. The molecule has 0 amide bonds. The SMILES string of the molecule is CCOC(=O)/C(Cl)=C/c1cccc(Cl)c1. The van der Waals surface area contributed by atoms with Crippen LogP contribution in [0.5, 0.6) is 0 Å². The summed E-state index contributed by atoms with van der Waals surface area (Å²) in [5.74, 6) is -0.529. The number of hydrogen-bond donors (Lipinski definition) is 0. The Hall–Kier alpha value is -0.990. The maximum atomic E-state index is 11.2. The quantitative estimate of drug-likeness (QED) is 0.601. The van der Waals surface area contributed by atoms with Crippen LogP contribution in [0.15, 0.2) is 29.3 Å². The summed E-state index contributed by atoms with van der Waals surface area (Å²) in [6, 6.07) is 7.04. The Morgan fingerprint density at radius 1 is 1.53 bits per heavy atom. The van der Waals surface area contributed by atoms with Crippen molar-refractivity contribution in [2.45, 2.75) is 6.92 Å². The van der Waals surface area contributed by atoms with Crippen LogP contribution in [0, 0.1) is 0 Å². The van der Waals surface area contributed by atoms with Gasteiger partial charge in [0.15, 0.2) is 0 Å². The molecule has 0 unspecified atom stereocenters. The van der Waals surface area contributed by atoms with Gasteiger partial charge in [-0.25, -0.2) is 4.79 Å². The zero-order chi connectivity index (χ0) is 11.3. The third-order valence-electron chi connectivity index (χ3n) is 1.61. The number of benzene rings is 1. The molecule has 1 aromatic carbocycles. The Morgan fingerprint density at radius 2 is 2.27 bits per heavy atom. The van der Waals surface area contributed by atoms with Crippen LogP contribution < -0.4 is 0 Å². The van der Waals surface area contributed by atoms with E-state index in [1.807, 2.05) is 0 Å². The molecule has 1 rings (SSSR count). The molecule has 0 aromatic heterocycles. The lowest BCUT2D eigenvalue weighted by atomic mass is 10.2. The van der Waals surface area contributed by atoms with E-state index in [0.717, 1.165) is 5.56 Å². The summed E-state index contributed by atoms with van der Waals surface area (Å²) in [4.78, 5) is 11.2. The highest BCUT2D eigenvalue weighted by atomic mass is 35.5. The number of esters is 1. The summed E-state index contributed by atoms with van der Waals surface area (Å²) in [7, 11) is 0. The van der Waals surface area contributed by atoms with Gasteiger partial charge in [-0.3, -0.25) is 0 Å². The van der Waals surface area contributed by atoms with E-state index in [0.29, 0.717) is 11.6 Å². The first kappa shape index (κ1) is 12.1. The Balaban J connectivity index is 2.82. The predicted molar refractivity (Wildman–Crippen MR) is 61.9 cm³/mol. The van der Waals surface area contributed by atoms with Crippen molar-refractivity contribution in [3.8, 4) is 0 Å². The van der Waals surface area contributed by atoms with E-state index in [9.17, 15) is 4.79 Å². The smallest absolute Gasteiger partial charge is 0.349 e. The lowest BCUT2D eigenvalue weighted by Gasteiger charge is -2.00. The molecule has 0 aliphatic rings. The van der Waals surface area contributed by atoms with E-state index in [1.165, 1.54) is 6.08 Å². The molecule has 0 aliphatic carbocycles. The standard InChI is InChI=1S/C11H10Cl2O2/c1-2-15-11(14)10(13)7-8-4-3-5-9(12)6-8/h3-7H,2H2,1H3/b10-7-. The summed E-state index contributed by atoms with van der Waals surface area (Å²) in [6.07, 6.45) is 1.52. The average Bonchev–Trinajstić information content (AvgIpc) is 2.18. The van der Waals surface area contributed by atoms with Gasteiger partial charge in [-0.1, -0.05) is 35.3 Å². The van der Waals surface area contributed by atoms with Crippen LogP contribution >= 0.6 is 23.2 Å². The third-order valence-corrected chi connectivity index (χ3v) is 2.11. The van der Waals surface area contributed by atoms with Gasteiger partial charge in [0.05, 0.1) is 6.61 Å². The molecule has 0 saturated carbocycles. The van der Waals surface area contributed by atoms with E-state index < -0.39 is 5.97 Å². The van der Waals surface area contributed by atoms with Crippen molar-refractivity contribution >= 4 is 35.2 Å². The third kappa shape index (κ3) is 3.94. The molecule has 0 saturated heterocycles. The van der Waals surface area contributed by atoms with Gasteiger partial charge in [0, 0.05) is 5.02 Å². The molecule has 0 radical (unpaired) electrons. The van der Waals surface area contributed by atoms with Crippen LogP contribution in [-0.4, -0.2) is 12.6 Å². The molecule has 4 heteroatoms. The minimum atomic E-state index is -0.529. The Labute approximate surface area is 98.4 Å². The number of hydrogen-bond acceptors (Lipinski definition) is 2. The van der Waals surface area contributed by atoms with E-state index in [-0.39, 0.29) is 5.03 Å². The largest absolute Gasteiger partial charge is 0.462 e. The van der Waals surface area contributed by atoms with Gasteiger partial charge >= 0.3 is 5.97 Å². The molecule has 80 valence electrons. The van der Waals surface area contributed by atoms with Crippen LogP contribution in [0.2, 0.25) is 5.02 Å². The molecule has 2 nitrogen and oxygen atoms in total. The second kappa shape index (κ2) is 5.79. The highest BCUT2D eigenvalue weighted by molar-refractivity contribution is 6.43. The van der Waals surface area contributed by atoms with Crippen molar-refractivity contribution in [1.82, 2.24) is 0 Å². The summed E-state index contributed by atoms with van der Waals surface area (Å²) < 4.78 is 4.73. The molecule has 0 spiro atoms. The molecule has 0 aliphatic heterocycles. The van der Waals surface area contributed by atoms with Crippen molar-refractivity contribution in [3.05, 3.63) is 39.9 Å². The normalized spacial score (nSPS) is 11.3. The summed E-state index contributed by atoms with van der Waals surface area (Å²) in [5, 5.41) is 0.635. The van der Waals surface area contributed by atoms with Gasteiger partial charge in [0.1, 0.15) is 5.03 Å². The van der Waals surface area contributed by atoms with E-state index >= 15 is 0 Å². The second-order valence-electron chi connectivity index (χ2n) is 2.77. The van der Waals surface area contributed by atoms with Crippen LogP contribution in [0.3, 0.4) is 0 Å². The van der Waals surface area contributed by atoms with Crippen molar-refractivity contribution in [1.29, 1.82) is 0 Å². The summed E-state index contributed by atoms with van der Waals surface area (Å²) >= 11 is 11.5. The zero-order valence-corrected chi connectivity index (χ0v) is 9.68. The topological polar surface area (TPSA) is 26.3 Å². The lowest BCUT2D eigenvalue weighted by Crippen LogP contribution is -2.03. The molecule has 0 N–H and O–H groups in total. The lowest BCUT2D eigenvalue weighted by molar-refractivity contribution is -0.137. The highest BCUT2D eigenvalue weighted by Crippen LogP contribution is 2.16. The Kier molecular flexibility index (Phi) is 4.66. The fourth-order valence-corrected chi connectivity index (χ4v) is 1.38. The van der Waals surface area contributed by atoms with E-state index in [4.69, 9.17) is 27.9 Å². The highest BCUT2D eigenvalue weighted by Gasteiger charge is 2.06. The number of rotatable bonds is 3. The van der Waals surface area contributed by atoms with Crippen molar-refractivity contribution in [2.24, 2.45) is 0 Å². The molecule has 0 heterocycles. The van der Waals surface area contributed by atoms with Crippen LogP contribution in [0.25, 0.3) is 6.08 Å². The first-order valence-corrected chi connectivity index (χ1v) is 5.19. The van der Waals surface area contributed by atoms with Gasteiger partial charge in [0.2, 0.25) is 0 Å². The number of carbonyl (C=O) groups is 1. The number of halogens is 2. The van der Waals surface area contributed by atoms with Gasteiger partial charge in [-0.15, -0.1) is 0 Å². The first-order chi connectivity index (χ1) is 7.13. The van der Waals surface area contributed by atoms with Gasteiger partial charge in [0.25, 0.3) is 0 Å². The van der Waals surface area contributed by atoms with Crippen molar-refractivity contribution in [3.63, 3.8) is 0 Å².